The van der Waals surface area contributed by atoms with Gasteiger partial charge in [0.25, 0.3) is 5.56 Å². The van der Waals surface area contributed by atoms with Gasteiger partial charge in [0, 0.05) is 5.56 Å². The van der Waals surface area contributed by atoms with E-state index in [1.807, 2.05) is 39.0 Å². The third-order valence-corrected chi connectivity index (χ3v) is 4.01. The van der Waals surface area contributed by atoms with Crippen molar-refractivity contribution in [2.24, 2.45) is 0 Å². The van der Waals surface area contributed by atoms with E-state index in [0.717, 1.165) is 17.7 Å². The van der Waals surface area contributed by atoms with Crippen molar-refractivity contribution in [2.75, 3.05) is 7.11 Å². The van der Waals surface area contributed by atoms with Gasteiger partial charge in [0.1, 0.15) is 12.4 Å². The third kappa shape index (κ3) is 3.90. The molecule has 0 radical (unpaired) electrons. The Hall–Kier alpha value is -2.01. The lowest BCUT2D eigenvalue weighted by molar-refractivity contribution is 0.285. The first-order chi connectivity index (χ1) is 11.3. The highest BCUT2D eigenvalue weighted by molar-refractivity contribution is 6.31. The molecule has 0 unspecified atom stereocenters. The van der Waals surface area contributed by atoms with Gasteiger partial charge in [-0.3, -0.25) is 4.79 Å². The highest BCUT2D eigenvalue weighted by Gasteiger charge is 2.20. The first-order valence-electron chi connectivity index (χ1n) is 7.84. The topological polar surface area (TPSA) is 53.4 Å². The van der Waals surface area contributed by atoms with Crippen LogP contribution >= 0.6 is 11.6 Å². The molecule has 0 aliphatic heterocycles. The highest BCUT2D eigenvalue weighted by atomic mass is 35.5. The molecule has 0 aliphatic carbocycles. The average molecular weight is 351 g/mol. The Labute approximate surface area is 147 Å². The van der Waals surface area contributed by atoms with E-state index >= 15 is 0 Å². The van der Waals surface area contributed by atoms with Gasteiger partial charge in [-0.05, 0) is 38.8 Å². The van der Waals surface area contributed by atoms with Gasteiger partial charge < -0.3 is 9.47 Å². The van der Waals surface area contributed by atoms with Gasteiger partial charge in [-0.15, -0.1) is 0 Å². The van der Waals surface area contributed by atoms with E-state index in [0.29, 0.717) is 0 Å². The molecular weight excluding hydrogens is 328 g/mol. The zero-order valence-electron chi connectivity index (χ0n) is 14.7. The number of hydrogen-bond donors (Lipinski definition) is 0. The smallest absolute Gasteiger partial charge is 0.289 e. The van der Waals surface area contributed by atoms with Gasteiger partial charge in [-0.1, -0.05) is 30.7 Å². The number of nitrogens with zero attached hydrogens (tertiary/aromatic N) is 2. The zero-order chi connectivity index (χ0) is 17.9. The van der Waals surface area contributed by atoms with Crippen LogP contribution in [0.2, 0.25) is 5.02 Å². The van der Waals surface area contributed by atoms with Crippen molar-refractivity contribution < 1.29 is 9.47 Å². The summed E-state index contributed by atoms with van der Waals surface area (Å²) < 4.78 is 12.4. The molecule has 0 bridgehead atoms. The maximum Gasteiger partial charge on any atom is 0.289 e. The fourth-order valence-electron chi connectivity index (χ4n) is 2.28. The normalized spacial score (nSPS) is 11.4. The predicted octanol–water partition coefficient (Wildman–Crippen LogP) is 3.80. The minimum Gasteiger partial charge on any atom is -0.496 e. The lowest BCUT2D eigenvalue weighted by Crippen LogP contribution is -2.36. The summed E-state index contributed by atoms with van der Waals surface area (Å²) in [4.78, 5) is 12.3. The van der Waals surface area contributed by atoms with E-state index in [1.54, 1.807) is 7.11 Å². The van der Waals surface area contributed by atoms with Crippen molar-refractivity contribution in [2.45, 2.75) is 46.3 Å². The van der Waals surface area contributed by atoms with Crippen molar-refractivity contribution >= 4 is 11.6 Å². The summed E-state index contributed by atoms with van der Waals surface area (Å²) in [6.07, 6.45) is 2.40. The summed E-state index contributed by atoms with van der Waals surface area (Å²) in [5.74, 6) is 1.02. The number of hydrogen-bond acceptors (Lipinski definition) is 4. The van der Waals surface area contributed by atoms with Crippen LogP contribution in [-0.2, 0) is 18.6 Å². The van der Waals surface area contributed by atoms with Crippen molar-refractivity contribution in [1.82, 2.24) is 9.78 Å². The minimum absolute atomic E-state index is 0.0315. The van der Waals surface area contributed by atoms with Crippen LogP contribution in [0.5, 0.6) is 11.5 Å². The number of benzene rings is 1. The maximum absolute atomic E-state index is 12.3. The van der Waals surface area contributed by atoms with Gasteiger partial charge in [-0.2, -0.15) is 5.10 Å². The van der Waals surface area contributed by atoms with Crippen LogP contribution in [0.4, 0.5) is 0 Å². The fourth-order valence-corrected chi connectivity index (χ4v) is 2.46. The third-order valence-electron chi connectivity index (χ3n) is 3.67. The summed E-state index contributed by atoms with van der Waals surface area (Å²) >= 11 is 6.16. The maximum atomic E-state index is 12.3. The molecule has 0 amide bonds. The second kappa shape index (κ2) is 7.26. The van der Waals surface area contributed by atoms with Crippen LogP contribution in [0.25, 0.3) is 0 Å². The quantitative estimate of drug-likeness (QED) is 0.823. The first-order valence-corrected chi connectivity index (χ1v) is 8.22. The van der Waals surface area contributed by atoms with Crippen LogP contribution < -0.4 is 15.0 Å². The van der Waals surface area contributed by atoms with Gasteiger partial charge in [0.2, 0.25) is 0 Å². The average Bonchev–Trinajstić information content (AvgIpc) is 2.54. The number of ether oxygens (including phenoxy) is 2. The van der Waals surface area contributed by atoms with E-state index in [1.165, 1.54) is 16.4 Å². The number of aryl methyl sites for hydroxylation is 1. The second-order valence-corrected chi connectivity index (χ2v) is 6.88. The Morgan fingerprint density at radius 3 is 2.54 bits per heavy atom. The van der Waals surface area contributed by atoms with Gasteiger partial charge in [0.15, 0.2) is 10.8 Å². The second-order valence-electron chi connectivity index (χ2n) is 6.50. The molecule has 1 heterocycles. The molecule has 0 spiro atoms. The van der Waals surface area contributed by atoms with Crippen molar-refractivity contribution in [1.29, 1.82) is 0 Å². The van der Waals surface area contributed by atoms with E-state index in [-0.39, 0.29) is 22.9 Å². The highest BCUT2D eigenvalue weighted by Crippen LogP contribution is 2.25. The SMILES string of the molecule is CCc1ccc(COc2cnn(C(C)(C)C)c(=O)c2Cl)c(OC)c1. The lowest BCUT2D eigenvalue weighted by Gasteiger charge is -2.21. The molecule has 0 atom stereocenters. The predicted molar refractivity (Wildman–Crippen MR) is 95.2 cm³/mol. The molecule has 1 aromatic carbocycles. The monoisotopic (exact) mass is 350 g/mol. The minimum atomic E-state index is -0.446. The van der Waals surface area contributed by atoms with Gasteiger partial charge in [0.05, 0.1) is 18.8 Å². The molecule has 5 nitrogen and oxygen atoms in total. The van der Waals surface area contributed by atoms with Crippen molar-refractivity contribution in [3.8, 4) is 11.5 Å². The van der Waals surface area contributed by atoms with Crippen LogP contribution in [0.1, 0.15) is 38.8 Å². The Kier molecular flexibility index (Phi) is 5.54. The molecule has 0 saturated heterocycles. The Morgan fingerprint density at radius 1 is 1.25 bits per heavy atom. The van der Waals surface area contributed by atoms with Crippen LogP contribution in [-0.4, -0.2) is 16.9 Å². The molecule has 24 heavy (non-hydrogen) atoms. The summed E-state index contributed by atoms with van der Waals surface area (Å²) in [7, 11) is 1.62. The Bertz CT molecular complexity index is 779. The summed E-state index contributed by atoms with van der Waals surface area (Å²) in [6.45, 7) is 7.99. The molecule has 2 rings (SSSR count). The molecule has 2 aromatic rings. The molecule has 6 heteroatoms. The molecule has 0 fully saturated rings. The number of methoxy groups -OCH3 is 1. The van der Waals surface area contributed by atoms with E-state index in [4.69, 9.17) is 21.1 Å². The van der Waals surface area contributed by atoms with E-state index < -0.39 is 5.54 Å². The van der Waals surface area contributed by atoms with Crippen LogP contribution in [0.15, 0.2) is 29.2 Å². The fraction of sp³-hybridized carbons (Fsp3) is 0.444. The standard InChI is InChI=1S/C18H23ClN2O3/c1-6-12-7-8-13(14(9-12)23-5)11-24-15-10-20-21(18(2,3)4)17(22)16(15)19/h7-10H,6,11H2,1-5H3. The summed E-state index contributed by atoms with van der Waals surface area (Å²) in [5.41, 5.74) is 1.25. The molecule has 1 aromatic heterocycles. The molecule has 130 valence electrons. The lowest BCUT2D eigenvalue weighted by atomic mass is 10.1. The molecule has 0 saturated carbocycles. The number of halogens is 1. The number of aromatic nitrogens is 2. The Morgan fingerprint density at radius 2 is 1.96 bits per heavy atom. The van der Waals surface area contributed by atoms with E-state index in [2.05, 4.69) is 12.0 Å². The zero-order valence-corrected chi connectivity index (χ0v) is 15.5. The number of rotatable bonds is 5. The largest absolute Gasteiger partial charge is 0.496 e. The molecular formula is C18H23ClN2O3. The van der Waals surface area contributed by atoms with Gasteiger partial charge >= 0.3 is 0 Å². The van der Waals surface area contributed by atoms with Crippen LogP contribution in [0.3, 0.4) is 0 Å². The summed E-state index contributed by atoms with van der Waals surface area (Å²) in [6, 6.07) is 5.96. The summed E-state index contributed by atoms with van der Waals surface area (Å²) in [5, 5.41) is 4.19. The molecule has 0 aliphatic rings. The van der Waals surface area contributed by atoms with Crippen LogP contribution in [0, 0.1) is 0 Å². The molecule has 0 N–H and O–H groups in total. The van der Waals surface area contributed by atoms with Crippen molar-refractivity contribution in [3.63, 3.8) is 0 Å². The van der Waals surface area contributed by atoms with Gasteiger partial charge in [-0.25, -0.2) is 4.68 Å². The van der Waals surface area contributed by atoms with E-state index in [9.17, 15) is 4.79 Å². The Balaban J connectivity index is 2.24. The first kappa shape index (κ1) is 18.3. The van der Waals surface area contributed by atoms with Crippen molar-refractivity contribution in [3.05, 3.63) is 50.9 Å².